The Bertz CT molecular complexity index is 370. The minimum Gasteiger partial charge on any atom is -0.337 e. The van der Waals surface area contributed by atoms with E-state index in [0.29, 0.717) is 13.0 Å². The second-order valence-electron chi connectivity index (χ2n) is 4.41. The fourth-order valence-corrected chi connectivity index (χ4v) is 1.89. The number of rotatable bonds is 5. The molecule has 0 amide bonds. The smallest absolute Gasteiger partial charge is 0.0949 e. The van der Waals surface area contributed by atoms with Crippen LogP contribution < -0.4 is 5.73 Å². The summed E-state index contributed by atoms with van der Waals surface area (Å²) >= 11 is 0. The van der Waals surface area contributed by atoms with Crippen molar-refractivity contribution in [2.45, 2.75) is 32.2 Å². The second kappa shape index (κ2) is 4.03. The quantitative estimate of drug-likeness (QED) is 0.780. The summed E-state index contributed by atoms with van der Waals surface area (Å²) in [6.45, 7) is 1.57. The second-order valence-corrected chi connectivity index (χ2v) is 4.41. The Kier molecular flexibility index (Phi) is 2.74. The lowest BCUT2D eigenvalue weighted by atomic mass is 10.0. The molecule has 0 saturated heterocycles. The van der Waals surface area contributed by atoms with Gasteiger partial charge in [0, 0.05) is 31.0 Å². The average molecular weight is 204 g/mol. The molecule has 0 radical (unpaired) electrons. The van der Waals surface area contributed by atoms with Gasteiger partial charge in [0.1, 0.15) is 0 Å². The maximum absolute atomic E-state index is 8.72. The zero-order valence-electron chi connectivity index (χ0n) is 8.82. The first-order chi connectivity index (χ1) is 7.28. The van der Waals surface area contributed by atoms with Crippen molar-refractivity contribution in [2.75, 3.05) is 6.54 Å². The van der Waals surface area contributed by atoms with Crippen LogP contribution >= 0.6 is 0 Å². The topological polar surface area (TPSA) is 67.6 Å². The minimum atomic E-state index is 0.245. The minimum absolute atomic E-state index is 0.245. The van der Waals surface area contributed by atoms with E-state index in [1.165, 1.54) is 12.8 Å². The maximum Gasteiger partial charge on any atom is 0.0949 e. The van der Waals surface area contributed by atoms with Gasteiger partial charge < -0.3 is 10.3 Å². The van der Waals surface area contributed by atoms with Crippen LogP contribution in [0, 0.1) is 16.7 Å². The van der Waals surface area contributed by atoms with E-state index >= 15 is 0 Å². The van der Waals surface area contributed by atoms with Crippen molar-refractivity contribution < 1.29 is 0 Å². The monoisotopic (exact) mass is 204 g/mol. The lowest BCUT2D eigenvalue weighted by Gasteiger charge is -2.10. The van der Waals surface area contributed by atoms with E-state index in [0.717, 1.165) is 18.7 Å². The number of nitriles is 1. The average Bonchev–Trinajstić information content (AvgIpc) is 2.80. The summed E-state index contributed by atoms with van der Waals surface area (Å²) in [4.78, 5) is 4.28. The molecule has 1 aromatic rings. The summed E-state index contributed by atoms with van der Waals surface area (Å²) in [6, 6.07) is 2.27. The molecule has 4 nitrogen and oxygen atoms in total. The SMILES string of the molecule is N#CCC1(Cn2cnc(CCN)c2)CC1. The molecule has 1 aliphatic carbocycles. The van der Waals surface area contributed by atoms with Crippen molar-refractivity contribution in [3.05, 3.63) is 18.2 Å². The Morgan fingerprint density at radius 3 is 3.00 bits per heavy atom. The molecule has 1 aromatic heterocycles. The molecule has 4 heteroatoms. The van der Waals surface area contributed by atoms with Crippen molar-refractivity contribution in [3.63, 3.8) is 0 Å². The Morgan fingerprint density at radius 1 is 1.60 bits per heavy atom. The van der Waals surface area contributed by atoms with E-state index in [2.05, 4.69) is 15.6 Å². The molecule has 1 saturated carbocycles. The van der Waals surface area contributed by atoms with Crippen LogP contribution in [0.3, 0.4) is 0 Å². The normalized spacial score (nSPS) is 17.3. The van der Waals surface area contributed by atoms with E-state index in [4.69, 9.17) is 11.0 Å². The Balaban J connectivity index is 1.96. The first-order valence-corrected chi connectivity index (χ1v) is 5.36. The van der Waals surface area contributed by atoms with E-state index in [-0.39, 0.29) is 5.41 Å². The van der Waals surface area contributed by atoms with Crippen LogP contribution in [-0.2, 0) is 13.0 Å². The fraction of sp³-hybridized carbons (Fsp3) is 0.636. The molecule has 0 unspecified atom stereocenters. The molecular formula is C11H16N4. The highest BCUT2D eigenvalue weighted by Gasteiger charge is 2.42. The third-order valence-corrected chi connectivity index (χ3v) is 3.02. The molecule has 0 aromatic carbocycles. The van der Waals surface area contributed by atoms with Gasteiger partial charge in [-0.15, -0.1) is 0 Å². The summed E-state index contributed by atoms with van der Waals surface area (Å²) in [6.07, 6.45) is 7.73. The van der Waals surface area contributed by atoms with Gasteiger partial charge in [0.15, 0.2) is 0 Å². The molecule has 2 N–H and O–H groups in total. The largest absolute Gasteiger partial charge is 0.337 e. The van der Waals surface area contributed by atoms with Crippen molar-refractivity contribution in [2.24, 2.45) is 11.1 Å². The van der Waals surface area contributed by atoms with Crippen LogP contribution in [0.25, 0.3) is 0 Å². The van der Waals surface area contributed by atoms with Crippen LogP contribution in [0.5, 0.6) is 0 Å². The predicted octanol–water partition coefficient (Wildman–Crippen LogP) is 1.08. The van der Waals surface area contributed by atoms with Gasteiger partial charge >= 0.3 is 0 Å². The Hall–Kier alpha value is -1.34. The van der Waals surface area contributed by atoms with E-state index in [1.807, 2.05) is 12.5 Å². The lowest BCUT2D eigenvalue weighted by molar-refractivity contribution is 0.431. The van der Waals surface area contributed by atoms with Gasteiger partial charge in [-0.2, -0.15) is 5.26 Å². The summed E-state index contributed by atoms with van der Waals surface area (Å²) in [5, 5.41) is 8.72. The molecule has 2 rings (SSSR count). The van der Waals surface area contributed by atoms with Gasteiger partial charge in [-0.3, -0.25) is 0 Å². The molecule has 1 heterocycles. The van der Waals surface area contributed by atoms with E-state index < -0.39 is 0 Å². The number of nitrogens with zero attached hydrogens (tertiary/aromatic N) is 3. The first kappa shape index (κ1) is 10.2. The maximum atomic E-state index is 8.72. The number of aromatic nitrogens is 2. The molecular weight excluding hydrogens is 188 g/mol. The molecule has 80 valence electrons. The van der Waals surface area contributed by atoms with Gasteiger partial charge in [0.25, 0.3) is 0 Å². The number of nitrogens with two attached hydrogens (primary N) is 1. The summed E-state index contributed by atoms with van der Waals surface area (Å²) in [5.74, 6) is 0. The van der Waals surface area contributed by atoms with Crippen LogP contribution in [0.2, 0.25) is 0 Å². The lowest BCUT2D eigenvalue weighted by Crippen LogP contribution is -2.09. The summed E-state index contributed by atoms with van der Waals surface area (Å²) in [5.41, 5.74) is 6.76. The Morgan fingerprint density at radius 2 is 2.40 bits per heavy atom. The molecule has 0 atom stereocenters. The summed E-state index contributed by atoms with van der Waals surface area (Å²) in [7, 11) is 0. The van der Waals surface area contributed by atoms with E-state index in [9.17, 15) is 0 Å². The Labute approximate surface area is 89.7 Å². The van der Waals surface area contributed by atoms with Crippen LogP contribution in [0.1, 0.15) is 25.0 Å². The summed E-state index contributed by atoms with van der Waals surface area (Å²) < 4.78 is 2.09. The third kappa shape index (κ3) is 2.37. The van der Waals surface area contributed by atoms with Gasteiger partial charge in [-0.05, 0) is 19.4 Å². The van der Waals surface area contributed by atoms with Gasteiger partial charge in [-0.1, -0.05) is 0 Å². The first-order valence-electron chi connectivity index (χ1n) is 5.36. The molecule has 0 spiro atoms. The molecule has 0 aliphatic heterocycles. The van der Waals surface area contributed by atoms with Crippen LogP contribution in [0.4, 0.5) is 0 Å². The van der Waals surface area contributed by atoms with Crippen molar-refractivity contribution in [3.8, 4) is 6.07 Å². The zero-order valence-corrected chi connectivity index (χ0v) is 8.82. The highest BCUT2D eigenvalue weighted by atomic mass is 15.0. The zero-order chi connectivity index (χ0) is 10.7. The highest BCUT2D eigenvalue weighted by molar-refractivity contribution is 5.03. The molecule has 15 heavy (non-hydrogen) atoms. The van der Waals surface area contributed by atoms with Crippen molar-refractivity contribution >= 4 is 0 Å². The third-order valence-electron chi connectivity index (χ3n) is 3.02. The van der Waals surface area contributed by atoms with Gasteiger partial charge in [0.2, 0.25) is 0 Å². The van der Waals surface area contributed by atoms with Gasteiger partial charge in [0.05, 0.1) is 18.1 Å². The van der Waals surface area contributed by atoms with Crippen LogP contribution in [0.15, 0.2) is 12.5 Å². The van der Waals surface area contributed by atoms with E-state index in [1.54, 1.807) is 0 Å². The fourth-order valence-electron chi connectivity index (χ4n) is 1.89. The number of hydrogen-bond donors (Lipinski definition) is 1. The van der Waals surface area contributed by atoms with Crippen molar-refractivity contribution in [1.82, 2.24) is 9.55 Å². The number of imidazole rings is 1. The van der Waals surface area contributed by atoms with Crippen molar-refractivity contribution in [1.29, 1.82) is 5.26 Å². The molecule has 0 bridgehead atoms. The predicted molar refractivity (Wildman–Crippen MR) is 56.9 cm³/mol. The van der Waals surface area contributed by atoms with Gasteiger partial charge in [-0.25, -0.2) is 4.98 Å². The molecule has 1 fully saturated rings. The standard InChI is InChI=1S/C11H16N4/c12-5-1-10-7-15(9-14-10)8-11(2-3-11)4-6-13/h7,9H,1-5,8,12H2. The molecule has 1 aliphatic rings. The van der Waals surface area contributed by atoms with Crippen LogP contribution in [-0.4, -0.2) is 16.1 Å². The highest BCUT2D eigenvalue weighted by Crippen LogP contribution is 2.49. The number of hydrogen-bond acceptors (Lipinski definition) is 3.